The third-order valence-electron chi connectivity index (χ3n) is 25.9. The number of likely N-dealkylation sites (tertiary alicyclic amines) is 1. The molecule has 22 rings (SSSR count). The molecular formula is C95H118F9N29O3S3. The Kier molecular flexibility index (Phi) is 26.6. The Morgan fingerprint density at radius 1 is 0.453 bits per heavy atom. The van der Waals surface area contributed by atoms with Crippen LogP contribution in [0.3, 0.4) is 0 Å². The van der Waals surface area contributed by atoms with E-state index in [1.165, 1.54) is 61.1 Å². The zero-order valence-electron chi connectivity index (χ0n) is 76.6. The van der Waals surface area contributed by atoms with Crippen molar-refractivity contribution in [1.29, 1.82) is 0 Å². The summed E-state index contributed by atoms with van der Waals surface area (Å²) in [7, 11) is 0. The summed E-state index contributed by atoms with van der Waals surface area (Å²) >= 11 is 3.97. The Hall–Kier alpha value is -13.1. The van der Waals surface area contributed by atoms with Crippen molar-refractivity contribution in [2.45, 2.75) is 215 Å². The van der Waals surface area contributed by atoms with Crippen molar-refractivity contribution in [3.05, 3.63) is 180 Å². The summed E-state index contributed by atoms with van der Waals surface area (Å²) in [5.41, 5.74) is 4.97. The topological polar surface area (TPSA) is 404 Å². The molecule has 13 N–H and O–H groups in total. The smallest absolute Gasteiger partial charge is 0.353 e. The lowest BCUT2D eigenvalue weighted by Gasteiger charge is -2.45. The van der Waals surface area contributed by atoms with Gasteiger partial charge >= 0.3 is 12.4 Å². The molecule has 44 heteroatoms. The number of benzene rings is 4. The number of carbonyl (C=O) groups is 3. The zero-order chi connectivity index (χ0) is 96.9. The molecule has 0 atom stereocenters. The third-order valence-corrected chi connectivity index (χ3v) is 28.5. The third kappa shape index (κ3) is 24.1. The summed E-state index contributed by atoms with van der Waals surface area (Å²) in [4.78, 5) is 87.3. The number of fused-ring (bicyclic) bond motifs is 1. The van der Waals surface area contributed by atoms with E-state index >= 15 is 4.39 Å². The molecule has 6 saturated carbocycles. The Morgan fingerprint density at radius 3 is 1.32 bits per heavy atom. The summed E-state index contributed by atoms with van der Waals surface area (Å²) in [6.07, 6.45) is 1.74. The highest BCUT2D eigenvalue weighted by Gasteiger charge is 2.58. The van der Waals surface area contributed by atoms with Crippen LogP contribution >= 0.6 is 35.3 Å². The maximum atomic E-state index is 15.0. The fourth-order valence-corrected chi connectivity index (χ4v) is 19.9. The maximum Gasteiger partial charge on any atom is 0.449 e. The first-order valence-corrected chi connectivity index (χ1v) is 48.6. The van der Waals surface area contributed by atoms with Gasteiger partial charge in [0.15, 0.2) is 38.7 Å². The van der Waals surface area contributed by atoms with Crippen LogP contribution in [0, 0.1) is 50.9 Å². The number of nitrogens with zero attached hydrogens (tertiary/aromatic N) is 16. The normalized spacial score (nSPS) is 20.1. The van der Waals surface area contributed by atoms with Crippen LogP contribution < -0.4 is 52.3 Å². The second kappa shape index (κ2) is 38.9. The Labute approximate surface area is 817 Å². The average Bonchev–Trinajstić information content (AvgIpc) is 1.63. The number of halogens is 9. The fourth-order valence-electron chi connectivity index (χ4n) is 17.5. The molecule has 0 bridgehead atoms. The van der Waals surface area contributed by atoms with E-state index in [1.807, 2.05) is 118 Å². The number of anilines is 15. The molecule has 6 aliphatic carbocycles. The molecule has 3 amide bonds. The maximum absolute atomic E-state index is 15.0. The van der Waals surface area contributed by atoms with Crippen molar-refractivity contribution in [3.63, 3.8) is 0 Å². The molecule has 0 spiro atoms. The van der Waals surface area contributed by atoms with Crippen LogP contribution in [0.25, 0.3) is 11.0 Å². The largest absolute Gasteiger partial charge is 0.449 e. The van der Waals surface area contributed by atoms with Gasteiger partial charge in [-0.05, 0) is 275 Å². The standard InChI is InChI=1S/C26H29FN6OS.C24H27F3N8OS.C23H26FN7O.C22H20F4N8S.8H2/c1-15-11-22(33-32-15)30-21-12-20(16-13-26(27,14-16)17-3-4-17)29-24(31-21)35-19-7-5-18(6-8-19)28-23(34)25(2)9-10-25;1-15-10-20(33-32-15)29-19-11-21(35-13-17(14-35)34-8-2-3-9-34)31-23(30-19)37-18-6-4-16(5-7-18)28-22(36)12-24(25,26)27;1-13-9-21(31-30-13)28-20-10-19(15-11-23(24,12-15)16-3-4-16)27-22(29-20)26-18-7-5-17(6-8-18)25-14(2)32;1-11-6-17(33-32-11)29-16-8-18(34-9-21(23,10-34)12-2-3-12)31-20(30-16)35-13-4-5-14-15(7-13)28-19(27-14)22(24,25)26;;;;;;;;/h5-8,11-12,16-17H,3-4,9-10,13-14H2,1-2H3,(H,28,34)(H2,29,30,31,32,33);4-7,10-11,17H,2-3,8-9,12-14H2,1H3,(H,28,36)(H2,29,30,31,32,33);5-10,15-16H,3-4,11-12H2,1-2H3,(H,25,32)(H3,26,27,28,29,30,31);4-8,12H,2-3,9-10H2,1H3,(H,27,28)(H2,29,30,31,32,33);8*1H. The number of nitrogens with one attached hydrogen (secondary N) is 13. The Morgan fingerprint density at radius 2 is 0.871 bits per heavy atom. The van der Waals surface area contributed by atoms with Gasteiger partial charge in [-0.15, -0.1) is 0 Å². The van der Waals surface area contributed by atoms with Gasteiger partial charge in [0, 0.05) is 163 Å². The molecule has 12 heterocycles. The van der Waals surface area contributed by atoms with Crippen LogP contribution in [0.1, 0.15) is 173 Å². The van der Waals surface area contributed by atoms with Gasteiger partial charge in [0.25, 0.3) is 0 Å². The second-order valence-corrected chi connectivity index (χ2v) is 40.8. The van der Waals surface area contributed by atoms with E-state index in [0.29, 0.717) is 116 Å². The summed E-state index contributed by atoms with van der Waals surface area (Å²) in [5.74, 6) is 5.29. The second-order valence-electron chi connectivity index (χ2n) is 37.6. The summed E-state index contributed by atoms with van der Waals surface area (Å²) in [5, 5.41) is 54.0. The van der Waals surface area contributed by atoms with E-state index in [1.54, 1.807) is 54.6 Å². The fraction of sp³-hybridized carbons (Fsp3) is 0.411. The van der Waals surface area contributed by atoms with Gasteiger partial charge in [0.05, 0.1) is 35.5 Å². The molecule has 3 saturated heterocycles. The van der Waals surface area contributed by atoms with Gasteiger partial charge in [0.2, 0.25) is 29.5 Å². The van der Waals surface area contributed by atoms with Crippen LogP contribution in [0.2, 0.25) is 0 Å². The molecule has 13 aromatic rings. The lowest BCUT2D eigenvalue weighted by molar-refractivity contribution is -0.150. The van der Waals surface area contributed by atoms with Crippen molar-refractivity contribution >= 4 is 151 Å². The van der Waals surface area contributed by atoms with Crippen LogP contribution in [0.15, 0.2) is 170 Å². The lowest BCUT2D eigenvalue weighted by Crippen LogP contribution is -2.60. The number of hydrogen-bond donors (Lipinski definition) is 13. The molecule has 139 heavy (non-hydrogen) atoms. The average molecular weight is 1980 g/mol. The van der Waals surface area contributed by atoms with Crippen molar-refractivity contribution in [2.75, 3.05) is 91.6 Å². The molecule has 32 nitrogen and oxygen atoms in total. The lowest BCUT2D eigenvalue weighted by atomic mass is 9.68. The van der Waals surface area contributed by atoms with Crippen LogP contribution in [-0.2, 0) is 20.6 Å². The van der Waals surface area contributed by atoms with Crippen LogP contribution in [0.4, 0.5) is 126 Å². The number of carbonyl (C=O) groups excluding carboxylic acids is 3. The quantitative estimate of drug-likeness (QED) is 0.0153. The van der Waals surface area contributed by atoms with E-state index in [4.69, 9.17) is 15.0 Å². The molecule has 9 aliphatic rings. The zero-order valence-corrected chi connectivity index (χ0v) is 79.0. The minimum absolute atomic E-state index is 0. The van der Waals surface area contributed by atoms with E-state index in [-0.39, 0.29) is 88.0 Å². The molecule has 3 aliphatic heterocycles. The van der Waals surface area contributed by atoms with Crippen molar-refractivity contribution < 1.29 is 65.3 Å². The van der Waals surface area contributed by atoms with Crippen molar-refractivity contribution in [1.82, 2.24) is 95.5 Å². The Balaban J connectivity index is 0.000000183. The van der Waals surface area contributed by atoms with Gasteiger partial charge in [-0.1, -0.05) is 6.92 Å². The molecule has 9 fully saturated rings. The van der Waals surface area contributed by atoms with Gasteiger partial charge in [-0.3, -0.25) is 39.7 Å². The minimum Gasteiger partial charge on any atom is -0.353 e. The van der Waals surface area contributed by atoms with Gasteiger partial charge < -0.3 is 57.3 Å². The van der Waals surface area contributed by atoms with Crippen LogP contribution in [-0.4, -0.2) is 182 Å². The molecule has 4 aromatic carbocycles. The number of aromatic nitrogens is 18. The monoisotopic (exact) mass is 1980 g/mol. The van der Waals surface area contributed by atoms with E-state index in [0.717, 1.165) is 139 Å². The minimum atomic E-state index is -4.56. The number of imidazole rings is 1. The molecular weight excluding hydrogens is 1860 g/mol. The number of rotatable bonds is 29. The number of amides is 3. The van der Waals surface area contributed by atoms with E-state index in [9.17, 15) is 49.5 Å². The Bertz CT molecular complexity index is 6660. The first kappa shape index (κ1) is 94.8. The summed E-state index contributed by atoms with van der Waals surface area (Å²) in [6, 6.07) is 41.8. The predicted octanol–water partition coefficient (Wildman–Crippen LogP) is 22.9. The van der Waals surface area contributed by atoms with Crippen molar-refractivity contribution in [2.24, 2.45) is 23.2 Å². The highest BCUT2D eigenvalue weighted by molar-refractivity contribution is 7.99. The van der Waals surface area contributed by atoms with E-state index in [2.05, 4.69) is 128 Å². The number of hydrogen-bond acceptors (Lipinski definition) is 27. The summed E-state index contributed by atoms with van der Waals surface area (Å²) in [6.45, 7) is 15.8. The van der Waals surface area contributed by atoms with Gasteiger partial charge in [0.1, 0.15) is 58.3 Å². The number of aryl methyl sites for hydroxylation is 4. The number of H-pyrrole nitrogens is 5. The molecule has 0 radical (unpaired) electrons. The molecule has 742 valence electrons. The van der Waals surface area contributed by atoms with Gasteiger partial charge in [-0.2, -0.15) is 51.7 Å². The predicted molar refractivity (Wildman–Crippen MR) is 530 cm³/mol. The molecule has 9 aromatic heterocycles. The molecule has 0 unspecified atom stereocenters. The number of alkyl halides is 9. The SMILES string of the molecule is CC(=O)Nc1ccc(Nc2nc(Nc3cc(C)[nH]n3)cc(C3CC(F)(C4CC4)C3)n2)cc1.Cc1cc(Nc2cc(C3CC(F)(C4CC4)C3)nc(Sc3ccc(NC(=O)C4(C)CC4)cc3)n2)n[nH]1.Cc1cc(Nc2cc(N3CC(F)(C4CC4)C3)nc(Sc3ccc4nc(C(F)(F)F)[nH]c4c3)n2)n[nH]1.Cc1cc(Nc2cc(N3CC(N4CCCC4)C3)nc(Sc3ccc(NC(=O)CC(F)(F)F)cc3)n2)n[nH]1.[HH].[HH].[HH].[HH].[HH].[HH].[HH].[HH]. The van der Waals surface area contributed by atoms with E-state index < -0.39 is 47.5 Å². The van der Waals surface area contributed by atoms with Crippen molar-refractivity contribution in [3.8, 4) is 0 Å². The highest BCUT2D eigenvalue weighted by Crippen LogP contribution is 2.60. The summed E-state index contributed by atoms with van der Waals surface area (Å²) < 4.78 is 121. The first-order chi connectivity index (χ1) is 66.5. The van der Waals surface area contributed by atoms with Gasteiger partial charge in [-0.25, -0.2) is 53.0 Å². The number of aromatic amines is 5. The first-order valence-electron chi connectivity index (χ1n) is 46.2. The van der Waals surface area contributed by atoms with Crippen LogP contribution in [0.5, 0.6) is 0 Å². The highest BCUT2D eigenvalue weighted by atomic mass is 32.2.